The number of hydrogen-bond acceptors (Lipinski definition) is 2. The molecule has 0 atom stereocenters. The molecule has 0 aliphatic carbocycles. The first-order chi connectivity index (χ1) is 5.41. The minimum atomic E-state index is 0.931. The lowest BCUT2D eigenvalue weighted by molar-refractivity contribution is 0.778. The van der Waals surface area contributed by atoms with Crippen molar-refractivity contribution in [2.45, 2.75) is 26.2 Å². The van der Waals surface area contributed by atoms with E-state index in [1.165, 1.54) is 31.4 Å². The highest BCUT2D eigenvalue weighted by molar-refractivity contribution is 7.99. The van der Waals surface area contributed by atoms with Crippen LogP contribution in [0.4, 0.5) is 0 Å². The Morgan fingerprint density at radius 2 is 2.18 bits per heavy atom. The highest BCUT2D eigenvalue weighted by Gasteiger charge is 1.87. The molecular formula is C8H18N2S. The zero-order valence-corrected chi connectivity index (χ0v) is 8.04. The normalized spacial score (nSPS) is 9.55. The monoisotopic (exact) mass is 174 g/mol. The lowest BCUT2D eigenvalue weighted by Crippen LogP contribution is -2.13. The second-order valence-corrected chi connectivity index (χ2v) is 3.64. The van der Waals surface area contributed by atoms with Crippen LogP contribution in [0.5, 0.6) is 0 Å². The van der Waals surface area contributed by atoms with Gasteiger partial charge in [-0.2, -0.15) is 11.8 Å². The van der Waals surface area contributed by atoms with Crippen LogP contribution in [0, 0.1) is 5.41 Å². The number of thioether (sulfide) groups is 1. The lowest BCUT2D eigenvalue weighted by atomic mass is 10.3. The quantitative estimate of drug-likeness (QED) is 0.336. The van der Waals surface area contributed by atoms with Gasteiger partial charge in [-0.3, -0.25) is 5.41 Å². The summed E-state index contributed by atoms with van der Waals surface area (Å²) in [5.41, 5.74) is 0. The topological polar surface area (TPSA) is 35.9 Å². The highest BCUT2D eigenvalue weighted by atomic mass is 32.2. The number of unbranched alkanes of at least 4 members (excludes halogenated alkanes) is 2. The van der Waals surface area contributed by atoms with Crippen molar-refractivity contribution in [3.63, 3.8) is 0 Å². The van der Waals surface area contributed by atoms with Crippen LogP contribution < -0.4 is 5.32 Å². The molecular weight excluding hydrogens is 156 g/mol. The summed E-state index contributed by atoms with van der Waals surface area (Å²) in [7, 11) is 0. The largest absolute Gasteiger partial charge is 0.376 e. The van der Waals surface area contributed by atoms with Crippen LogP contribution in [-0.4, -0.2) is 24.4 Å². The Kier molecular flexibility index (Phi) is 9.66. The summed E-state index contributed by atoms with van der Waals surface area (Å²) in [4.78, 5) is 0. The average Bonchev–Trinajstić information content (AvgIpc) is 2.03. The highest BCUT2D eigenvalue weighted by Crippen LogP contribution is 2.04. The fraction of sp³-hybridized carbons (Fsp3) is 0.875. The molecule has 0 aromatic heterocycles. The number of rotatable bonds is 8. The Hall–Kier alpha value is -0.180. The second-order valence-electron chi connectivity index (χ2n) is 2.42. The van der Waals surface area contributed by atoms with Crippen LogP contribution in [0.25, 0.3) is 0 Å². The van der Waals surface area contributed by atoms with Gasteiger partial charge in [0, 0.05) is 12.3 Å². The van der Waals surface area contributed by atoms with Crippen LogP contribution in [0.15, 0.2) is 0 Å². The van der Waals surface area contributed by atoms with E-state index in [0.29, 0.717) is 0 Å². The summed E-state index contributed by atoms with van der Waals surface area (Å²) >= 11 is 1.97. The van der Waals surface area contributed by atoms with Crippen LogP contribution in [0.1, 0.15) is 26.2 Å². The Labute approximate surface area is 73.7 Å². The van der Waals surface area contributed by atoms with Crippen molar-refractivity contribution < 1.29 is 0 Å². The summed E-state index contributed by atoms with van der Waals surface area (Å²) in [6.07, 6.45) is 5.25. The van der Waals surface area contributed by atoms with E-state index in [0.717, 1.165) is 12.3 Å². The van der Waals surface area contributed by atoms with Gasteiger partial charge in [-0.15, -0.1) is 0 Å². The minimum absolute atomic E-state index is 0.931. The third-order valence-electron chi connectivity index (χ3n) is 1.39. The maximum atomic E-state index is 6.70. The SMILES string of the molecule is CCCCCSCCNC=N. The fourth-order valence-electron chi connectivity index (χ4n) is 0.759. The minimum Gasteiger partial charge on any atom is -0.376 e. The number of hydrogen-bond donors (Lipinski definition) is 2. The molecule has 0 saturated carbocycles. The molecule has 11 heavy (non-hydrogen) atoms. The molecule has 0 fully saturated rings. The van der Waals surface area contributed by atoms with Crippen LogP contribution >= 0.6 is 11.8 Å². The van der Waals surface area contributed by atoms with E-state index in [9.17, 15) is 0 Å². The molecule has 0 aromatic carbocycles. The van der Waals surface area contributed by atoms with E-state index in [2.05, 4.69) is 12.2 Å². The van der Waals surface area contributed by atoms with Crippen molar-refractivity contribution in [2.75, 3.05) is 18.1 Å². The Morgan fingerprint density at radius 1 is 1.36 bits per heavy atom. The molecule has 0 unspecified atom stereocenters. The van der Waals surface area contributed by atoms with Crippen LogP contribution in [0.3, 0.4) is 0 Å². The van der Waals surface area contributed by atoms with E-state index in [4.69, 9.17) is 5.41 Å². The molecule has 0 saturated heterocycles. The third-order valence-corrected chi connectivity index (χ3v) is 2.46. The van der Waals surface area contributed by atoms with Gasteiger partial charge >= 0.3 is 0 Å². The van der Waals surface area contributed by atoms with Gasteiger partial charge in [0.1, 0.15) is 0 Å². The fourth-order valence-corrected chi connectivity index (χ4v) is 1.63. The van der Waals surface area contributed by atoms with E-state index in [1.54, 1.807) is 0 Å². The maximum absolute atomic E-state index is 6.70. The van der Waals surface area contributed by atoms with Gasteiger partial charge in [0.05, 0.1) is 6.34 Å². The molecule has 0 radical (unpaired) electrons. The summed E-state index contributed by atoms with van der Waals surface area (Å²) in [5, 5.41) is 9.56. The molecule has 0 aliphatic rings. The van der Waals surface area contributed by atoms with Gasteiger partial charge < -0.3 is 5.32 Å². The molecule has 0 aliphatic heterocycles. The summed E-state index contributed by atoms with van der Waals surface area (Å²) in [6.45, 7) is 3.15. The van der Waals surface area contributed by atoms with Gasteiger partial charge in [-0.25, -0.2) is 0 Å². The van der Waals surface area contributed by atoms with Crippen molar-refractivity contribution in [3.8, 4) is 0 Å². The predicted octanol–water partition coefficient (Wildman–Crippen LogP) is 2.11. The van der Waals surface area contributed by atoms with Crippen molar-refractivity contribution in [1.29, 1.82) is 5.41 Å². The maximum Gasteiger partial charge on any atom is 0.0791 e. The summed E-state index contributed by atoms with van der Waals surface area (Å²) in [5.74, 6) is 2.40. The molecule has 0 amide bonds. The van der Waals surface area contributed by atoms with E-state index < -0.39 is 0 Å². The number of nitrogens with one attached hydrogen (secondary N) is 2. The first-order valence-electron chi connectivity index (χ1n) is 4.22. The van der Waals surface area contributed by atoms with Crippen LogP contribution in [-0.2, 0) is 0 Å². The Morgan fingerprint density at radius 3 is 2.82 bits per heavy atom. The van der Waals surface area contributed by atoms with E-state index in [-0.39, 0.29) is 0 Å². The second kappa shape index (κ2) is 9.82. The predicted molar refractivity (Wildman–Crippen MR) is 53.6 cm³/mol. The zero-order valence-electron chi connectivity index (χ0n) is 7.23. The lowest BCUT2D eigenvalue weighted by Gasteiger charge is -1.99. The van der Waals surface area contributed by atoms with E-state index in [1.807, 2.05) is 11.8 Å². The Balaban J connectivity index is 2.74. The molecule has 0 heterocycles. The molecule has 0 bridgehead atoms. The van der Waals surface area contributed by atoms with Gasteiger partial charge in [0.2, 0.25) is 0 Å². The van der Waals surface area contributed by atoms with Crippen molar-refractivity contribution in [1.82, 2.24) is 5.32 Å². The molecule has 2 nitrogen and oxygen atoms in total. The standard InChI is InChI=1S/C8H18N2S/c1-2-3-4-6-11-7-5-10-8-9/h8H,2-7H2,1H3,(H2,9,10). The van der Waals surface area contributed by atoms with Gasteiger partial charge in [0.25, 0.3) is 0 Å². The van der Waals surface area contributed by atoms with Crippen molar-refractivity contribution in [3.05, 3.63) is 0 Å². The molecule has 3 heteroatoms. The smallest absolute Gasteiger partial charge is 0.0791 e. The third kappa shape index (κ3) is 9.82. The molecule has 2 N–H and O–H groups in total. The van der Waals surface area contributed by atoms with E-state index >= 15 is 0 Å². The average molecular weight is 174 g/mol. The van der Waals surface area contributed by atoms with Crippen LogP contribution in [0.2, 0.25) is 0 Å². The van der Waals surface area contributed by atoms with Gasteiger partial charge in [-0.1, -0.05) is 19.8 Å². The van der Waals surface area contributed by atoms with Gasteiger partial charge in [-0.05, 0) is 12.2 Å². The molecule has 0 spiro atoms. The molecule has 66 valence electrons. The summed E-state index contributed by atoms with van der Waals surface area (Å²) in [6, 6.07) is 0. The zero-order chi connectivity index (χ0) is 8.36. The summed E-state index contributed by atoms with van der Waals surface area (Å²) < 4.78 is 0. The van der Waals surface area contributed by atoms with Gasteiger partial charge in [0.15, 0.2) is 0 Å². The Bertz CT molecular complexity index is 86.2. The van der Waals surface area contributed by atoms with Crippen molar-refractivity contribution in [2.24, 2.45) is 0 Å². The first kappa shape index (κ1) is 10.8. The van der Waals surface area contributed by atoms with Crippen molar-refractivity contribution >= 4 is 18.1 Å². The first-order valence-corrected chi connectivity index (χ1v) is 5.37. The molecule has 0 rings (SSSR count). The molecule has 0 aromatic rings.